The number of hydrogen-bond acceptors (Lipinski definition) is 5. The molecule has 0 unspecified atom stereocenters. The van der Waals surface area contributed by atoms with Gasteiger partial charge in [0.2, 0.25) is 0 Å². The lowest BCUT2D eigenvalue weighted by molar-refractivity contribution is -0.113. The van der Waals surface area contributed by atoms with Crippen LogP contribution in [0.3, 0.4) is 0 Å². The zero-order valence-corrected chi connectivity index (χ0v) is 21.4. The highest BCUT2D eigenvalue weighted by Gasteiger charge is 2.36. The first-order valence-electron chi connectivity index (χ1n) is 10.9. The molecule has 0 bridgehead atoms. The van der Waals surface area contributed by atoms with Gasteiger partial charge >= 0.3 is 0 Å². The Bertz CT molecular complexity index is 1530. The van der Waals surface area contributed by atoms with Crippen LogP contribution in [0.4, 0.5) is 10.5 Å². The van der Waals surface area contributed by atoms with Crippen molar-refractivity contribution in [1.82, 2.24) is 0 Å². The number of amides is 2. The van der Waals surface area contributed by atoms with Gasteiger partial charge in [0, 0.05) is 0 Å². The number of imide groups is 1. The molecule has 1 aliphatic rings. The number of hydrogen-bond donors (Lipinski definition) is 0. The van der Waals surface area contributed by atoms with Crippen LogP contribution in [0.2, 0.25) is 10.0 Å². The van der Waals surface area contributed by atoms with E-state index in [1.165, 1.54) is 6.07 Å². The third kappa shape index (κ3) is 4.80. The van der Waals surface area contributed by atoms with Gasteiger partial charge < -0.3 is 9.47 Å². The number of rotatable bonds is 6. The van der Waals surface area contributed by atoms with E-state index < -0.39 is 11.1 Å². The minimum atomic E-state index is -0.432. The third-order valence-electron chi connectivity index (χ3n) is 5.70. The lowest BCUT2D eigenvalue weighted by atomic mass is 10.1. The van der Waals surface area contributed by atoms with Gasteiger partial charge in [-0.25, -0.2) is 4.90 Å². The average Bonchev–Trinajstić information content (AvgIpc) is 3.17. The van der Waals surface area contributed by atoms with E-state index in [2.05, 4.69) is 18.2 Å². The Balaban J connectivity index is 1.36. The van der Waals surface area contributed by atoms with Gasteiger partial charge in [-0.1, -0.05) is 71.7 Å². The van der Waals surface area contributed by atoms with Crippen LogP contribution < -0.4 is 14.4 Å². The molecule has 0 N–H and O–H groups in total. The lowest BCUT2D eigenvalue weighted by Gasteiger charge is -2.13. The first-order chi connectivity index (χ1) is 17.4. The zero-order chi connectivity index (χ0) is 25.2. The predicted molar refractivity (Wildman–Crippen MR) is 146 cm³/mol. The van der Waals surface area contributed by atoms with Crippen molar-refractivity contribution in [2.45, 2.75) is 6.61 Å². The molecule has 36 heavy (non-hydrogen) atoms. The summed E-state index contributed by atoms with van der Waals surface area (Å²) in [5.41, 5.74) is 2.13. The summed E-state index contributed by atoms with van der Waals surface area (Å²) in [5.74, 6) is 0.665. The Morgan fingerprint density at radius 2 is 1.69 bits per heavy atom. The molecule has 0 aliphatic carbocycles. The highest BCUT2D eigenvalue weighted by Crippen LogP contribution is 2.38. The summed E-state index contributed by atoms with van der Waals surface area (Å²) in [6.45, 7) is 0.375. The van der Waals surface area contributed by atoms with Crippen LogP contribution in [0.25, 0.3) is 16.8 Å². The number of carbonyl (C=O) groups is 2. The van der Waals surface area contributed by atoms with Crippen LogP contribution in [0.15, 0.2) is 83.8 Å². The van der Waals surface area contributed by atoms with Crippen molar-refractivity contribution in [3.63, 3.8) is 0 Å². The van der Waals surface area contributed by atoms with Crippen molar-refractivity contribution >= 4 is 68.6 Å². The van der Waals surface area contributed by atoms with Gasteiger partial charge in [-0.05, 0) is 70.1 Å². The summed E-state index contributed by atoms with van der Waals surface area (Å²) in [4.78, 5) is 26.9. The number of anilines is 1. The van der Waals surface area contributed by atoms with Crippen LogP contribution in [-0.4, -0.2) is 18.3 Å². The summed E-state index contributed by atoms with van der Waals surface area (Å²) >= 11 is 12.9. The van der Waals surface area contributed by atoms with Crippen LogP contribution in [-0.2, 0) is 11.4 Å². The standard InChI is InChI=1S/C28H19Cl2NO4S/c1-34-25-13-17(9-12-24(25)35-16-19-7-4-6-18-5-2-3-8-21(18)19)14-26-27(32)31(28(33)36-26)20-10-11-22(29)23(30)15-20/h2-15H,16H2,1H3/b26-14+. The van der Waals surface area contributed by atoms with Gasteiger partial charge in [-0.2, -0.15) is 0 Å². The number of methoxy groups -OCH3 is 1. The number of nitrogens with zero attached hydrogens (tertiary/aromatic N) is 1. The fourth-order valence-electron chi connectivity index (χ4n) is 3.93. The molecule has 0 aromatic heterocycles. The quantitative estimate of drug-likeness (QED) is 0.234. The molecule has 0 spiro atoms. The maximum absolute atomic E-state index is 13.0. The summed E-state index contributed by atoms with van der Waals surface area (Å²) in [5, 5.41) is 2.48. The van der Waals surface area contributed by atoms with Crippen LogP contribution in [0.1, 0.15) is 11.1 Å². The highest BCUT2D eigenvalue weighted by molar-refractivity contribution is 8.19. The first-order valence-corrected chi connectivity index (χ1v) is 12.5. The Morgan fingerprint density at radius 3 is 2.50 bits per heavy atom. The van der Waals surface area contributed by atoms with Gasteiger partial charge in [0.15, 0.2) is 11.5 Å². The van der Waals surface area contributed by atoms with Gasteiger partial charge in [0.25, 0.3) is 11.1 Å². The Kier molecular flexibility index (Phi) is 6.92. The van der Waals surface area contributed by atoms with Gasteiger partial charge in [-0.3, -0.25) is 9.59 Å². The minimum absolute atomic E-state index is 0.265. The summed E-state index contributed by atoms with van der Waals surface area (Å²) in [6, 6.07) is 24.3. The van der Waals surface area contributed by atoms with Crippen molar-refractivity contribution in [3.8, 4) is 11.5 Å². The predicted octanol–water partition coefficient (Wildman–Crippen LogP) is 7.98. The second kappa shape index (κ2) is 10.3. The zero-order valence-electron chi connectivity index (χ0n) is 19.0. The second-order valence-electron chi connectivity index (χ2n) is 7.95. The van der Waals surface area contributed by atoms with E-state index in [9.17, 15) is 9.59 Å². The van der Waals surface area contributed by atoms with E-state index >= 15 is 0 Å². The molecule has 0 radical (unpaired) electrons. The molecule has 5 nitrogen and oxygen atoms in total. The van der Waals surface area contributed by atoms with E-state index in [1.807, 2.05) is 30.3 Å². The molecule has 0 atom stereocenters. The molecular formula is C28H19Cl2NO4S. The molecule has 4 aromatic rings. The number of ether oxygens (including phenoxy) is 2. The van der Waals surface area contributed by atoms with Crippen molar-refractivity contribution in [2.75, 3.05) is 12.0 Å². The number of carbonyl (C=O) groups excluding carboxylic acids is 2. The van der Waals surface area contributed by atoms with Crippen LogP contribution >= 0.6 is 35.0 Å². The van der Waals surface area contributed by atoms with Crippen molar-refractivity contribution < 1.29 is 19.1 Å². The fourth-order valence-corrected chi connectivity index (χ4v) is 5.07. The molecule has 1 fully saturated rings. The van der Waals surface area contributed by atoms with E-state index in [0.29, 0.717) is 34.4 Å². The molecule has 1 aliphatic heterocycles. The highest BCUT2D eigenvalue weighted by atomic mass is 35.5. The van der Waals surface area contributed by atoms with E-state index in [4.69, 9.17) is 32.7 Å². The SMILES string of the molecule is COc1cc(/C=C2/SC(=O)N(c3ccc(Cl)c(Cl)c3)C2=O)ccc1OCc1cccc2ccccc12. The maximum atomic E-state index is 13.0. The molecule has 0 saturated carbocycles. The van der Waals surface area contributed by atoms with E-state index in [0.717, 1.165) is 33.0 Å². The van der Waals surface area contributed by atoms with Crippen LogP contribution in [0.5, 0.6) is 11.5 Å². The summed E-state index contributed by atoms with van der Waals surface area (Å²) < 4.78 is 11.6. The van der Waals surface area contributed by atoms with E-state index in [1.54, 1.807) is 37.5 Å². The topological polar surface area (TPSA) is 55.8 Å². The van der Waals surface area contributed by atoms with Gasteiger partial charge in [0.05, 0.1) is 27.7 Å². The number of benzene rings is 4. The van der Waals surface area contributed by atoms with Gasteiger partial charge in [-0.15, -0.1) is 0 Å². The molecule has 1 saturated heterocycles. The summed E-state index contributed by atoms with van der Waals surface area (Å²) in [6.07, 6.45) is 1.65. The molecule has 8 heteroatoms. The van der Waals surface area contributed by atoms with Crippen LogP contribution in [0, 0.1) is 0 Å². The molecule has 4 aromatic carbocycles. The fraction of sp³-hybridized carbons (Fsp3) is 0.0714. The Hall–Kier alpha value is -3.45. The normalized spacial score (nSPS) is 14.6. The van der Waals surface area contributed by atoms with Crippen molar-refractivity contribution in [3.05, 3.63) is 105 Å². The number of halogens is 2. The molecule has 180 valence electrons. The Morgan fingerprint density at radius 1 is 0.889 bits per heavy atom. The van der Waals surface area contributed by atoms with Gasteiger partial charge in [0.1, 0.15) is 6.61 Å². The molecule has 1 heterocycles. The molecule has 2 amide bonds. The largest absolute Gasteiger partial charge is 0.493 e. The Labute approximate surface area is 222 Å². The second-order valence-corrected chi connectivity index (χ2v) is 9.76. The average molecular weight is 536 g/mol. The first kappa shape index (κ1) is 24.3. The molecular weight excluding hydrogens is 517 g/mol. The van der Waals surface area contributed by atoms with E-state index in [-0.39, 0.29) is 9.93 Å². The molecule has 5 rings (SSSR count). The maximum Gasteiger partial charge on any atom is 0.298 e. The smallest absolute Gasteiger partial charge is 0.298 e. The number of fused-ring (bicyclic) bond motifs is 1. The monoisotopic (exact) mass is 535 g/mol. The van der Waals surface area contributed by atoms with Crippen molar-refractivity contribution in [2.24, 2.45) is 0 Å². The minimum Gasteiger partial charge on any atom is -0.493 e. The summed E-state index contributed by atoms with van der Waals surface area (Å²) in [7, 11) is 1.56. The number of thioether (sulfide) groups is 1. The van der Waals surface area contributed by atoms with Crippen molar-refractivity contribution in [1.29, 1.82) is 0 Å². The third-order valence-corrected chi connectivity index (χ3v) is 7.31. The lowest BCUT2D eigenvalue weighted by Crippen LogP contribution is -2.27.